The van der Waals surface area contributed by atoms with Crippen molar-refractivity contribution in [2.45, 2.75) is 52.3 Å². The van der Waals surface area contributed by atoms with Crippen LogP contribution in [0, 0.1) is 11.3 Å². The number of carbonyl (C=O) groups excluding carboxylic acids is 1. The highest BCUT2D eigenvalue weighted by Crippen LogP contribution is 2.45. The molecule has 1 saturated carbocycles. The average Bonchev–Trinajstić information content (AvgIpc) is 2.56. The Labute approximate surface area is 152 Å². The molecule has 0 aliphatic heterocycles. The zero-order chi connectivity index (χ0) is 17.2. The lowest BCUT2D eigenvalue weighted by atomic mass is 9.63. The van der Waals surface area contributed by atoms with Crippen LogP contribution in [0.5, 0.6) is 0 Å². The van der Waals surface area contributed by atoms with Crippen LogP contribution in [0.15, 0.2) is 30.3 Å². The number of halogens is 1. The number of hydrogen-bond donors (Lipinski definition) is 1. The Hall–Kier alpha value is -1.10. The molecule has 1 fully saturated rings. The Morgan fingerprint density at radius 3 is 2.46 bits per heavy atom. The van der Waals surface area contributed by atoms with E-state index >= 15 is 0 Å². The molecule has 1 aliphatic carbocycles. The fourth-order valence-electron chi connectivity index (χ4n) is 3.60. The first-order valence-electron chi connectivity index (χ1n) is 8.49. The molecule has 1 aliphatic rings. The first-order chi connectivity index (χ1) is 10.8. The van der Waals surface area contributed by atoms with Gasteiger partial charge in [-0.25, -0.2) is 0 Å². The molecule has 1 aromatic rings. The van der Waals surface area contributed by atoms with E-state index < -0.39 is 0 Å². The molecule has 136 valence electrons. The summed E-state index contributed by atoms with van der Waals surface area (Å²) < 4.78 is 5.77. The number of carbonyl (C=O) groups is 1. The number of nitrogens with two attached hydrogens (primary N) is 1. The van der Waals surface area contributed by atoms with Gasteiger partial charge in [-0.2, -0.15) is 0 Å². The molecule has 0 bridgehead atoms. The molecule has 1 amide bonds. The summed E-state index contributed by atoms with van der Waals surface area (Å²) in [7, 11) is 1.89. The SMILES string of the molecule is CCOC1CC(N(C)C(=O)C(C)C(N)c2ccccc2)C1(C)C.Cl. The molecule has 0 heterocycles. The quantitative estimate of drug-likeness (QED) is 0.851. The van der Waals surface area contributed by atoms with Gasteiger partial charge in [-0.15, -0.1) is 12.4 Å². The van der Waals surface area contributed by atoms with Gasteiger partial charge in [0.25, 0.3) is 0 Å². The molecule has 2 rings (SSSR count). The second kappa shape index (κ2) is 8.32. The summed E-state index contributed by atoms with van der Waals surface area (Å²) in [4.78, 5) is 14.7. The first kappa shape index (κ1) is 20.9. The van der Waals surface area contributed by atoms with Gasteiger partial charge in [-0.3, -0.25) is 4.79 Å². The van der Waals surface area contributed by atoms with Crippen molar-refractivity contribution in [3.05, 3.63) is 35.9 Å². The van der Waals surface area contributed by atoms with Gasteiger partial charge in [0, 0.05) is 31.2 Å². The fraction of sp³-hybridized carbons (Fsp3) is 0.632. The summed E-state index contributed by atoms with van der Waals surface area (Å²) in [5, 5.41) is 0. The average molecular weight is 355 g/mol. The van der Waals surface area contributed by atoms with Crippen LogP contribution < -0.4 is 5.73 Å². The maximum atomic E-state index is 12.8. The summed E-state index contributed by atoms with van der Waals surface area (Å²) >= 11 is 0. The van der Waals surface area contributed by atoms with Crippen molar-refractivity contribution in [2.24, 2.45) is 17.1 Å². The number of benzene rings is 1. The second-order valence-electron chi connectivity index (χ2n) is 7.19. The van der Waals surface area contributed by atoms with Crippen molar-refractivity contribution in [1.82, 2.24) is 4.90 Å². The van der Waals surface area contributed by atoms with Crippen LogP contribution in [0.25, 0.3) is 0 Å². The van der Waals surface area contributed by atoms with E-state index in [0.29, 0.717) is 6.61 Å². The van der Waals surface area contributed by atoms with Crippen LogP contribution in [0.4, 0.5) is 0 Å². The van der Waals surface area contributed by atoms with Gasteiger partial charge < -0.3 is 15.4 Å². The van der Waals surface area contributed by atoms with Gasteiger partial charge in [-0.1, -0.05) is 51.1 Å². The predicted octanol–water partition coefficient (Wildman–Crippen LogP) is 3.41. The Morgan fingerprint density at radius 2 is 1.96 bits per heavy atom. The normalized spacial score (nSPS) is 24.2. The van der Waals surface area contributed by atoms with E-state index in [4.69, 9.17) is 10.5 Å². The van der Waals surface area contributed by atoms with Gasteiger partial charge in [0.05, 0.1) is 12.0 Å². The summed E-state index contributed by atoms with van der Waals surface area (Å²) in [6, 6.07) is 9.75. The maximum Gasteiger partial charge on any atom is 0.227 e. The van der Waals surface area contributed by atoms with E-state index in [1.54, 1.807) is 0 Å². The van der Waals surface area contributed by atoms with Crippen LogP contribution in [0.3, 0.4) is 0 Å². The lowest BCUT2D eigenvalue weighted by molar-refractivity contribution is -0.166. The van der Waals surface area contributed by atoms with E-state index in [0.717, 1.165) is 12.0 Å². The summed E-state index contributed by atoms with van der Waals surface area (Å²) in [5.74, 6) is -0.140. The third-order valence-electron chi connectivity index (χ3n) is 5.42. The molecule has 24 heavy (non-hydrogen) atoms. The predicted molar refractivity (Wildman–Crippen MR) is 100 cm³/mol. The minimum Gasteiger partial charge on any atom is -0.378 e. The van der Waals surface area contributed by atoms with Gasteiger partial charge in [-0.05, 0) is 18.9 Å². The lowest BCUT2D eigenvalue weighted by Gasteiger charge is -2.55. The standard InChI is InChI=1S/C19H30N2O2.ClH/c1-6-23-16-12-15(19(16,3)4)21(5)18(22)13(2)17(20)14-10-8-7-9-11-14;/h7-11,13,15-17H,6,12,20H2,1-5H3;1H. The zero-order valence-corrected chi connectivity index (χ0v) is 16.2. The van der Waals surface area contributed by atoms with E-state index in [9.17, 15) is 4.79 Å². The molecule has 4 unspecified atom stereocenters. The number of nitrogens with zero attached hydrogens (tertiary/aromatic N) is 1. The third kappa shape index (κ3) is 3.93. The van der Waals surface area contributed by atoms with Gasteiger partial charge in [0.15, 0.2) is 0 Å². The van der Waals surface area contributed by atoms with Crippen LogP contribution >= 0.6 is 12.4 Å². The van der Waals surface area contributed by atoms with Crippen LogP contribution in [0.1, 0.15) is 45.7 Å². The number of ether oxygens (including phenoxy) is 1. The van der Waals surface area contributed by atoms with Crippen molar-refractivity contribution in [3.8, 4) is 0 Å². The molecule has 0 spiro atoms. The molecule has 2 N–H and O–H groups in total. The Bertz CT molecular complexity index is 535. The van der Waals surface area contributed by atoms with Crippen LogP contribution in [0.2, 0.25) is 0 Å². The highest BCUT2D eigenvalue weighted by atomic mass is 35.5. The van der Waals surface area contributed by atoms with Crippen molar-refractivity contribution < 1.29 is 9.53 Å². The van der Waals surface area contributed by atoms with Gasteiger partial charge in [0.1, 0.15) is 0 Å². The molecular formula is C19H31ClN2O2. The van der Waals surface area contributed by atoms with Gasteiger partial charge >= 0.3 is 0 Å². The number of hydrogen-bond acceptors (Lipinski definition) is 3. The summed E-state index contributed by atoms with van der Waals surface area (Å²) in [6.07, 6.45) is 1.13. The fourth-order valence-corrected chi connectivity index (χ4v) is 3.60. The Kier molecular flexibility index (Phi) is 7.26. The largest absolute Gasteiger partial charge is 0.378 e. The molecule has 1 aromatic carbocycles. The zero-order valence-electron chi connectivity index (χ0n) is 15.4. The molecule has 4 atom stereocenters. The lowest BCUT2D eigenvalue weighted by Crippen LogP contribution is -2.63. The summed E-state index contributed by atoms with van der Waals surface area (Å²) in [6.45, 7) is 9.00. The molecule has 0 saturated heterocycles. The highest BCUT2D eigenvalue weighted by molar-refractivity contribution is 5.85. The van der Waals surface area contributed by atoms with Crippen molar-refractivity contribution in [3.63, 3.8) is 0 Å². The van der Waals surface area contributed by atoms with E-state index in [2.05, 4.69) is 13.8 Å². The highest BCUT2D eigenvalue weighted by Gasteiger charge is 2.52. The monoisotopic (exact) mass is 354 g/mol. The molecule has 0 aromatic heterocycles. The minimum absolute atomic E-state index is 0. The topological polar surface area (TPSA) is 55.6 Å². The van der Waals surface area contributed by atoms with Crippen molar-refractivity contribution >= 4 is 18.3 Å². The Morgan fingerprint density at radius 1 is 1.38 bits per heavy atom. The van der Waals surface area contributed by atoms with Crippen molar-refractivity contribution in [2.75, 3.05) is 13.7 Å². The van der Waals surface area contributed by atoms with Crippen molar-refractivity contribution in [1.29, 1.82) is 0 Å². The van der Waals surface area contributed by atoms with E-state index in [-0.39, 0.29) is 47.8 Å². The third-order valence-corrected chi connectivity index (χ3v) is 5.42. The minimum atomic E-state index is -0.281. The van der Waals surface area contributed by atoms with E-state index in [1.807, 2.05) is 56.1 Å². The molecule has 0 radical (unpaired) electrons. The molecular weight excluding hydrogens is 324 g/mol. The van der Waals surface area contributed by atoms with E-state index in [1.165, 1.54) is 0 Å². The second-order valence-corrected chi connectivity index (χ2v) is 7.19. The first-order valence-corrected chi connectivity index (χ1v) is 8.49. The number of amides is 1. The van der Waals surface area contributed by atoms with Gasteiger partial charge in [0.2, 0.25) is 5.91 Å². The summed E-state index contributed by atoms with van der Waals surface area (Å²) in [5.41, 5.74) is 7.29. The number of rotatable bonds is 6. The van der Waals surface area contributed by atoms with Crippen LogP contribution in [-0.2, 0) is 9.53 Å². The maximum absolute atomic E-state index is 12.8. The smallest absolute Gasteiger partial charge is 0.227 e. The molecule has 4 nitrogen and oxygen atoms in total. The molecule has 5 heteroatoms. The Balaban J connectivity index is 0.00000288. The van der Waals surface area contributed by atoms with Crippen LogP contribution in [-0.4, -0.2) is 36.6 Å².